The van der Waals surface area contributed by atoms with Crippen LogP contribution in [0.1, 0.15) is 23.7 Å². The molecule has 21 heavy (non-hydrogen) atoms. The van der Waals surface area contributed by atoms with Gasteiger partial charge in [0.1, 0.15) is 0 Å². The molecule has 0 N–H and O–H groups in total. The van der Waals surface area contributed by atoms with Gasteiger partial charge in [0.2, 0.25) is 0 Å². The van der Waals surface area contributed by atoms with Crippen LogP contribution in [0.3, 0.4) is 0 Å². The molecule has 0 radical (unpaired) electrons. The van der Waals surface area contributed by atoms with E-state index >= 15 is 0 Å². The predicted molar refractivity (Wildman–Crippen MR) is 83.2 cm³/mol. The Morgan fingerprint density at radius 2 is 1.71 bits per heavy atom. The number of oxime groups is 1. The van der Waals surface area contributed by atoms with Crippen molar-refractivity contribution in [2.45, 2.75) is 12.5 Å². The lowest BCUT2D eigenvalue weighted by atomic mass is 9.98. The highest BCUT2D eigenvalue weighted by Gasteiger charge is 2.24. The minimum absolute atomic E-state index is 0.00753. The van der Waals surface area contributed by atoms with Crippen LogP contribution in [-0.2, 0) is 4.84 Å². The van der Waals surface area contributed by atoms with Crippen LogP contribution >= 0.6 is 0 Å². The van der Waals surface area contributed by atoms with Gasteiger partial charge >= 0.3 is 0 Å². The molecule has 4 rings (SSSR count). The van der Waals surface area contributed by atoms with E-state index in [1.165, 1.54) is 0 Å². The molecule has 0 saturated heterocycles. The van der Waals surface area contributed by atoms with Gasteiger partial charge in [-0.3, -0.25) is 4.98 Å². The minimum atomic E-state index is 0.00753. The van der Waals surface area contributed by atoms with E-state index in [1.807, 2.05) is 48.7 Å². The van der Waals surface area contributed by atoms with Crippen LogP contribution in [0.4, 0.5) is 0 Å². The largest absolute Gasteiger partial charge is 0.387 e. The topological polar surface area (TPSA) is 34.5 Å². The zero-order valence-electron chi connectivity index (χ0n) is 11.4. The van der Waals surface area contributed by atoms with E-state index in [2.05, 4.69) is 28.3 Å². The Balaban J connectivity index is 1.69. The molecule has 0 bridgehead atoms. The summed E-state index contributed by atoms with van der Waals surface area (Å²) in [6.07, 6.45) is 2.63. The lowest BCUT2D eigenvalue weighted by Crippen LogP contribution is -2.02. The molecule has 0 fully saturated rings. The molecular weight excluding hydrogens is 260 g/mol. The number of benzene rings is 2. The number of nitrogens with zero attached hydrogens (tertiary/aromatic N) is 2. The lowest BCUT2D eigenvalue weighted by molar-refractivity contribution is 0.0857. The van der Waals surface area contributed by atoms with E-state index in [1.54, 1.807) is 0 Å². The quantitative estimate of drug-likeness (QED) is 0.705. The third kappa shape index (κ3) is 2.17. The smallest absolute Gasteiger partial charge is 0.158 e. The molecule has 1 aliphatic heterocycles. The highest BCUT2D eigenvalue weighted by Crippen LogP contribution is 2.31. The highest BCUT2D eigenvalue weighted by molar-refractivity contribution is 6.10. The van der Waals surface area contributed by atoms with Crippen LogP contribution in [0.15, 0.2) is 72.0 Å². The molecule has 0 aliphatic carbocycles. The van der Waals surface area contributed by atoms with E-state index in [9.17, 15) is 0 Å². The average Bonchev–Trinajstić information content (AvgIpc) is 3.05. The molecule has 3 aromatic rings. The highest BCUT2D eigenvalue weighted by atomic mass is 16.6. The van der Waals surface area contributed by atoms with Crippen molar-refractivity contribution >= 4 is 16.6 Å². The van der Waals surface area contributed by atoms with Crippen molar-refractivity contribution in [1.82, 2.24) is 4.98 Å². The first-order valence-corrected chi connectivity index (χ1v) is 7.03. The summed E-state index contributed by atoms with van der Waals surface area (Å²) in [6, 6.07) is 20.4. The van der Waals surface area contributed by atoms with Gasteiger partial charge in [0.05, 0.1) is 11.2 Å². The first-order chi connectivity index (χ1) is 10.4. The first-order valence-electron chi connectivity index (χ1n) is 7.03. The molecule has 3 nitrogen and oxygen atoms in total. The molecule has 2 aromatic carbocycles. The number of fused-ring (bicyclic) bond motifs is 1. The van der Waals surface area contributed by atoms with Gasteiger partial charge < -0.3 is 4.84 Å². The summed E-state index contributed by atoms with van der Waals surface area (Å²) in [4.78, 5) is 10.0. The van der Waals surface area contributed by atoms with Crippen LogP contribution in [-0.4, -0.2) is 10.7 Å². The zero-order chi connectivity index (χ0) is 14.1. The van der Waals surface area contributed by atoms with Gasteiger partial charge in [-0.25, -0.2) is 0 Å². The fourth-order valence-electron chi connectivity index (χ4n) is 2.73. The standard InChI is InChI=1S/C18H14N2O/c1-2-6-13(7-3-1)18-12-17(20-21-18)15-10-11-19-16-9-5-4-8-14(15)16/h1-11,18H,12H2. The molecule has 2 heterocycles. The molecule has 1 atom stereocenters. The van der Waals surface area contributed by atoms with E-state index in [4.69, 9.17) is 4.84 Å². The zero-order valence-corrected chi connectivity index (χ0v) is 11.4. The van der Waals surface area contributed by atoms with Gasteiger partial charge in [0.25, 0.3) is 0 Å². The fourth-order valence-corrected chi connectivity index (χ4v) is 2.73. The normalized spacial score (nSPS) is 17.5. The molecule has 102 valence electrons. The molecule has 1 unspecified atom stereocenters. The average molecular weight is 274 g/mol. The summed E-state index contributed by atoms with van der Waals surface area (Å²) in [7, 11) is 0. The van der Waals surface area contributed by atoms with E-state index in [0.29, 0.717) is 0 Å². The second-order valence-electron chi connectivity index (χ2n) is 5.12. The first kappa shape index (κ1) is 12.1. The molecular formula is C18H14N2O. The van der Waals surface area contributed by atoms with Gasteiger partial charge in [0.15, 0.2) is 6.10 Å². The summed E-state index contributed by atoms with van der Waals surface area (Å²) in [5, 5.41) is 5.42. The van der Waals surface area contributed by atoms with Crippen molar-refractivity contribution < 1.29 is 4.84 Å². The van der Waals surface area contributed by atoms with Gasteiger partial charge in [-0.05, 0) is 17.7 Å². The van der Waals surface area contributed by atoms with Gasteiger partial charge in [0, 0.05) is 23.6 Å². The van der Waals surface area contributed by atoms with Gasteiger partial charge in [-0.1, -0.05) is 53.7 Å². The Kier molecular flexibility index (Phi) is 2.89. The lowest BCUT2D eigenvalue weighted by Gasteiger charge is -2.08. The third-order valence-electron chi connectivity index (χ3n) is 3.80. The summed E-state index contributed by atoms with van der Waals surface area (Å²) < 4.78 is 0. The number of para-hydroxylation sites is 1. The number of rotatable bonds is 2. The van der Waals surface area contributed by atoms with Crippen LogP contribution in [0.2, 0.25) is 0 Å². The Labute approximate surface area is 122 Å². The van der Waals surface area contributed by atoms with Crippen LogP contribution in [0, 0.1) is 0 Å². The maximum absolute atomic E-state index is 5.62. The molecule has 1 aliphatic rings. The Hall–Kier alpha value is -2.68. The third-order valence-corrected chi connectivity index (χ3v) is 3.80. The SMILES string of the molecule is c1ccc(C2CC(c3ccnc4ccccc34)=NO2)cc1. The van der Waals surface area contributed by atoms with E-state index < -0.39 is 0 Å². The summed E-state index contributed by atoms with van der Waals surface area (Å²) in [5.74, 6) is 0. The Morgan fingerprint density at radius 1 is 0.905 bits per heavy atom. The van der Waals surface area contributed by atoms with Crippen LogP contribution < -0.4 is 0 Å². The predicted octanol–water partition coefficient (Wildman–Crippen LogP) is 4.10. The monoisotopic (exact) mass is 274 g/mol. The molecule has 0 spiro atoms. The van der Waals surface area contributed by atoms with Crippen molar-refractivity contribution in [2.24, 2.45) is 5.16 Å². The van der Waals surface area contributed by atoms with E-state index in [0.717, 1.165) is 34.2 Å². The maximum atomic E-state index is 5.62. The second-order valence-corrected chi connectivity index (χ2v) is 5.12. The van der Waals surface area contributed by atoms with Crippen molar-refractivity contribution in [1.29, 1.82) is 0 Å². The molecule has 0 amide bonds. The van der Waals surface area contributed by atoms with Crippen molar-refractivity contribution in [3.8, 4) is 0 Å². The summed E-state index contributed by atoms with van der Waals surface area (Å²) in [6.45, 7) is 0. The Bertz CT molecular complexity index is 806. The van der Waals surface area contributed by atoms with Gasteiger partial charge in [-0.15, -0.1) is 0 Å². The fraction of sp³-hybridized carbons (Fsp3) is 0.111. The summed E-state index contributed by atoms with van der Waals surface area (Å²) in [5.41, 5.74) is 4.25. The molecule has 0 saturated carbocycles. The molecule has 1 aromatic heterocycles. The summed E-state index contributed by atoms with van der Waals surface area (Å²) >= 11 is 0. The number of aromatic nitrogens is 1. The Morgan fingerprint density at radius 3 is 2.62 bits per heavy atom. The maximum Gasteiger partial charge on any atom is 0.158 e. The minimum Gasteiger partial charge on any atom is -0.387 e. The van der Waals surface area contributed by atoms with E-state index in [-0.39, 0.29) is 6.10 Å². The van der Waals surface area contributed by atoms with Crippen molar-refractivity contribution in [3.63, 3.8) is 0 Å². The van der Waals surface area contributed by atoms with Crippen LogP contribution in [0.25, 0.3) is 10.9 Å². The van der Waals surface area contributed by atoms with Crippen molar-refractivity contribution in [2.75, 3.05) is 0 Å². The van der Waals surface area contributed by atoms with Crippen LogP contribution in [0.5, 0.6) is 0 Å². The number of pyridine rings is 1. The number of hydrogen-bond donors (Lipinski definition) is 0. The van der Waals surface area contributed by atoms with Crippen molar-refractivity contribution in [3.05, 3.63) is 78.0 Å². The molecule has 3 heteroatoms. The van der Waals surface area contributed by atoms with Gasteiger partial charge in [-0.2, -0.15) is 0 Å². The second kappa shape index (κ2) is 5.02. The number of hydrogen-bond acceptors (Lipinski definition) is 3.